The molecule has 0 saturated carbocycles. The van der Waals surface area contributed by atoms with Gasteiger partial charge in [0.2, 0.25) is 0 Å². The molecule has 2 aliphatic rings. The molecule has 202 valence electrons. The first-order chi connectivity index (χ1) is 18.9. The van der Waals surface area contributed by atoms with E-state index < -0.39 is 11.6 Å². The summed E-state index contributed by atoms with van der Waals surface area (Å²) < 4.78 is 18.7. The molecule has 4 aromatic heterocycles. The van der Waals surface area contributed by atoms with E-state index in [9.17, 15) is 10.0 Å². The highest BCUT2D eigenvalue weighted by Gasteiger charge is 2.45. The molecular weight excluding hydrogens is 517 g/mol. The normalized spacial score (nSPS) is 18.4. The highest BCUT2D eigenvalue weighted by molar-refractivity contribution is 7.13. The topological polar surface area (TPSA) is 93.2 Å². The molecule has 9 nitrogen and oxygen atoms in total. The Morgan fingerprint density at radius 3 is 2.59 bits per heavy atom. The Kier molecular flexibility index (Phi) is 6.86. The monoisotopic (exact) mass is 547 g/mol. The number of aromatic nitrogens is 4. The number of hydrogen-bond donors (Lipinski definition) is 0. The standard InChI is InChI=1S/C28H30FN7O2S/c1-33(38)24-17-20(19-39-24)18-34-15-9-28(29,10-16-34)27(37)35-13-7-21(8-14-35)36-25-23(6-4-12-31-25)32-26(36)22-5-2-3-11-30-22/h2-6,11-12,17,19,21H,1,7-10,13-16,18H2. The molecule has 6 rings (SSSR count). The molecular formula is C28H30FN7O2S. The zero-order valence-electron chi connectivity index (χ0n) is 21.6. The molecule has 1 amide bonds. The number of likely N-dealkylation sites (tertiary alicyclic amines) is 2. The number of pyridine rings is 2. The van der Waals surface area contributed by atoms with Gasteiger partial charge in [0.25, 0.3) is 10.9 Å². The van der Waals surface area contributed by atoms with Crippen molar-refractivity contribution in [3.05, 3.63) is 64.9 Å². The Hall–Kier alpha value is -3.70. The van der Waals surface area contributed by atoms with E-state index in [1.54, 1.807) is 17.3 Å². The SMILES string of the molecule is C=[N+]([O-])c1cc(CN2CCC(F)(C(=O)N3CCC(n4c(-c5ccccn5)nc5cccnc54)CC3)CC2)cs1. The van der Waals surface area contributed by atoms with Gasteiger partial charge in [0.05, 0.1) is 0 Å². The molecule has 11 heteroatoms. The third-order valence-electron chi connectivity index (χ3n) is 7.78. The van der Waals surface area contributed by atoms with Crippen molar-refractivity contribution in [3.63, 3.8) is 0 Å². The van der Waals surface area contributed by atoms with Crippen LogP contribution in [0.4, 0.5) is 9.39 Å². The van der Waals surface area contributed by atoms with E-state index in [-0.39, 0.29) is 18.9 Å². The second-order valence-electron chi connectivity index (χ2n) is 10.3. The summed E-state index contributed by atoms with van der Waals surface area (Å²) in [6, 6.07) is 11.5. The predicted molar refractivity (Wildman–Crippen MR) is 149 cm³/mol. The molecule has 39 heavy (non-hydrogen) atoms. The fourth-order valence-electron chi connectivity index (χ4n) is 5.68. The number of rotatable bonds is 6. The first kappa shape index (κ1) is 25.6. The lowest BCUT2D eigenvalue weighted by atomic mass is 9.90. The zero-order valence-corrected chi connectivity index (χ0v) is 22.4. The summed E-state index contributed by atoms with van der Waals surface area (Å²) in [5, 5.41) is 13.9. The van der Waals surface area contributed by atoms with E-state index in [4.69, 9.17) is 4.98 Å². The molecule has 2 fully saturated rings. The van der Waals surface area contributed by atoms with Gasteiger partial charge >= 0.3 is 0 Å². The minimum atomic E-state index is -1.84. The highest BCUT2D eigenvalue weighted by atomic mass is 32.1. The molecule has 0 unspecified atom stereocenters. The Bertz CT molecular complexity index is 1490. The van der Waals surface area contributed by atoms with Crippen molar-refractivity contribution in [1.82, 2.24) is 29.3 Å². The van der Waals surface area contributed by atoms with Gasteiger partial charge in [-0.05, 0) is 42.7 Å². The van der Waals surface area contributed by atoms with E-state index in [1.165, 1.54) is 11.3 Å². The second kappa shape index (κ2) is 10.5. The van der Waals surface area contributed by atoms with Gasteiger partial charge in [-0.25, -0.2) is 14.4 Å². The number of alkyl halides is 1. The lowest BCUT2D eigenvalue weighted by Gasteiger charge is -2.40. The predicted octanol–water partition coefficient (Wildman–Crippen LogP) is 4.57. The molecule has 0 N–H and O–H groups in total. The van der Waals surface area contributed by atoms with Crippen molar-refractivity contribution in [1.29, 1.82) is 0 Å². The van der Waals surface area contributed by atoms with Crippen molar-refractivity contribution in [3.8, 4) is 11.5 Å². The summed E-state index contributed by atoms with van der Waals surface area (Å²) in [5.74, 6) is 0.371. The number of amides is 1. The molecule has 2 aliphatic heterocycles. The number of piperidine rings is 2. The Labute approximate surface area is 229 Å². The lowest BCUT2D eigenvalue weighted by Crippen LogP contribution is -2.53. The fourth-order valence-corrected chi connectivity index (χ4v) is 6.43. The molecule has 4 aromatic rings. The van der Waals surface area contributed by atoms with Crippen molar-refractivity contribution in [2.24, 2.45) is 0 Å². The largest absolute Gasteiger partial charge is 0.618 e. The van der Waals surface area contributed by atoms with Crippen LogP contribution >= 0.6 is 11.3 Å². The minimum Gasteiger partial charge on any atom is -0.618 e. The number of fused-ring (bicyclic) bond motifs is 1. The van der Waals surface area contributed by atoms with Gasteiger partial charge < -0.3 is 14.7 Å². The van der Waals surface area contributed by atoms with Gasteiger partial charge in [-0.15, -0.1) is 0 Å². The summed E-state index contributed by atoms with van der Waals surface area (Å²) in [5.41, 5.74) is 1.55. The first-order valence-electron chi connectivity index (χ1n) is 13.2. The Morgan fingerprint density at radius 1 is 1.13 bits per heavy atom. The number of nitrogens with zero attached hydrogens (tertiary/aromatic N) is 7. The van der Waals surface area contributed by atoms with E-state index in [0.717, 1.165) is 28.2 Å². The number of carbonyl (C=O) groups is 1. The maximum Gasteiger partial charge on any atom is 0.272 e. The summed E-state index contributed by atoms with van der Waals surface area (Å²) in [6.07, 6.45) is 5.24. The quantitative estimate of drug-likeness (QED) is 0.152. The van der Waals surface area contributed by atoms with E-state index in [2.05, 4.69) is 26.2 Å². The van der Waals surface area contributed by atoms with Crippen LogP contribution in [0.15, 0.2) is 54.2 Å². The number of carbonyl (C=O) groups excluding carboxylic acids is 1. The lowest BCUT2D eigenvalue weighted by molar-refractivity contribution is -0.345. The van der Waals surface area contributed by atoms with Crippen molar-refractivity contribution in [2.75, 3.05) is 26.2 Å². The average Bonchev–Trinajstić information content (AvgIpc) is 3.60. The van der Waals surface area contributed by atoms with Crippen LogP contribution in [-0.2, 0) is 11.3 Å². The smallest absolute Gasteiger partial charge is 0.272 e. The van der Waals surface area contributed by atoms with Crippen LogP contribution < -0.4 is 0 Å². The van der Waals surface area contributed by atoms with Gasteiger partial charge in [0.1, 0.15) is 17.9 Å². The van der Waals surface area contributed by atoms with Gasteiger partial charge in [-0.3, -0.25) is 14.7 Å². The number of hydrogen-bond acceptors (Lipinski definition) is 7. The van der Waals surface area contributed by atoms with E-state index in [1.807, 2.05) is 41.8 Å². The van der Waals surface area contributed by atoms with Gasteiger partial charge in [0.15, 0.2) is 17.1 Å². The maximum atomic E-state index is 15.9. The van der Waals surface area contributed by atoms with E-state index in [0.29, 0.717) is 55.3 Å². The highest BCUT2D eigenvalue weighted by Crippen LogP contribution is 2.35. The Balaban J connectivity index is 1.10. The van der Waals surface area contributed by atoms with Crippen LogP contribution in [0.1, 0.15) is 37.3 Å². The summed E-state index contributed by atoms with van der Waals surface area (Å²) in [7, 11) is 0. The number of thiophene rings is 1. The molecule has 6 heterocycles. The van der Waals surface area contributed by atoms with E-state index >= 15 is 4.39 Å². The number of imidazole rings is 1. The van der Waals surface area contributed by atoms with Crippen molar-refractivity contribution in [2.45, 2.75) is 43.9 Å². The summed E-state index contributed by atoms with van der Waals surface area (Å²) >= 11 is 1.35. The van der Waals surface area contributed by atoms with Gasteiger partial charge in [-0.1, -0.05) is 17.4 Å². The van der Waals surface area contributed by atoms with Gasteiger partial charge in [0, 0.05) is 75.4 Å². The van der Waals surface area contributed by atoms with Crippen LogP contribution in [0.2, 0.25) is 0 Å². The maximum absolute atomic E-state index is 15.9. The summed E-state index contributed by atoms with van der Waals surface area (Å²) in [4.78, 5) is 31.1. The molecule has 2 saturated heterocycles. The van der Waals surface area contributed by atoms with Crippen molar-refractivity contribution >= 4 is 40.1 Å². The van der Waals surface area contributed by atoms with Crippen LogP contribution in [-0.4, -0.2) is 78.5 Å². The molecule has 0 atom stereocenters. The number of halogens is 1. The van der Waals surface area contributed by atoms with Crippen LogP contribution in [0.25, 0.3) is 22.7 Å². The van der Waals surface area contributed by atoms with Crippen LogP contribution in [0, 0.1) is 5.21 Å². The third kappa shape index (κ3) is 5.04. The van der Waals surface area contributed by atoms with Crippen molar-refractivity contribution < 1.29 is 13.9 Å². The first-order valence-corrected chi connectivity index (χ1v) is 14.1. The third-order valence-corrected chi connectivity index (χ3v) is 8.77. The second-order valence-corrected chi connectivity index (χ2v) is 11.2. The molecule has 0 aromatic carbocycles. The molecule has 0 bridgehead atoms. The summed E-state index contributed by atoms with van der Waals surface area (Å²) in [6.45, 7) is 5.97. The Morgan fingerprint density at radius 2 is 1.90 bits per heavy atom. The van der Waals surface area contributed by atoms with Crippen LogP contribution in [0.5, 0.6) is 0 Å². The van der Waals surface area contributed by atoms with Crippen LogP contribution in [0.3, 0.4) is 0 Å². The average molecular weight is 548 g/mol. The van der Waals surface area contributed by atoms with Gasteiger partial charge in [-0.2, -0.15) is 4.74 Å². The fraction of sp³-hybridized carbons (Fsp3) is 0.393. The zero-order chi connectivity index (χ0) is 27.0. The molecule has 0 aliphatic carbocycles. The molecule has 0 spiro atoms. The molecule has 0 radical (unpaired) electrons. The minimum absolute atomic E-state index is 0.0854.